The molecule has 0 N–H and O–H groups in total. The highest BCUT2D eigenvalue weighted by Gasteiger charge is 2.30. The fraction of sp³-hybridized carbons (Fsp3) is 0.207. The second-order valence-electron chi connectivity index (χ2n) is 8.28. The third kappa shape index (κ3) is 6.79. The van der Waals surface area contributed by atoms with Gasteiger partial charge < -0.3 is 14.2 Å². The van der Waals surface area contributed by atoms with Crippen molar-refractivity contribution in [2.45, 2.75) is 20.5 Å². The van der Waals surface area contributed by atoms with Crippen LogP contribution in [0.25, 0.3) is 6.08 Å². The van der Waals surface area contributed by atoms with Gasteiger partial charge in [-0.2, -0.15) is 0 Å². The predicted octanol–water partition coefficient (Wildman–Crippen LogP) is 6.87. The summed E-state index contributed by atoms with van der Waals surface area (Å²) in [6, 6.07) is 16.3. The fourth-order valence-electron chi connectivity index (χ4n) is 3.64. The Hall–Kier alpha value is -3.82. The lowest BCUT2D eigenvalue weighted by Crippen LogP contribution is -2.23. The molecule has 0 aromatic heterocycles. The van der Waals surface area contributed by atoms with E-state index >= 15 is 0 Å². The number of amides is 1. The van der Waals surface area contributed by atoms with E-state index in [1.54, 1.807) is 74.6 Å². The van der Waals surface area contributed by atoms with Gasteiger partial charge in [0, 0.05) is 12.6 Å². The molecule has 0 radical (unpaired) electrons. The molecule has 1 aliphatic rings. The van der Waals surface area contributed by atoms with Gasteiger partial charge in [0.05, 0.1) is 34.4 Å². The second kappa shape index (κ2) is 12.8. The highest BCUT2D eigenvalue weighted by atomic mass is 35.5. The van der Waals surface area contributed by atoms with Crippen molar-refractivity contribution in [1.82, 2.24) is 4.90 Å². The Morgan fingerprint density at radius 2 is 1.82 bits per heavy atom. The molecule has 3 aromatic carbocycles. The third-order valence-electron chi connectivity index (χ3n) is 5.57. The normalized spacial score (nSPS) is 15.2. The number of esters is 1. The van der Waals surface area contributed by atoms with Gasteiger partial charge in [-0.05, 0) is 79.7 Å². The van der Waals surface area contributed by atoms with Gasteiger partial charge in [0.15, 0.2) is 16.7 Å². The minimum Gasteiger partial charge on any atom is -0.490 e. The maximum Gasteiger partial charge on any atom is 0.338 e. The Balaban J connectivity index is 1.55. The van der Waals surface area contributed by atoms with Crippen LogP contribution in [-0.2, 0) is 16.1 Å². The molecule has 7 nitrogen and oxygen atoms in total. The summed E-state index contributed by atoms with van der Waals surface area (Å²) >= 11 is 7.74. The van der Waals surface area contributed by atoms with Gasteiger partial charge in [-0.3, -0.25) is 9.69 Å². The van der Waals surface area contributed by atoms with Crippen LogP contribution in [0.15, 0.2) is 70.6 Å². The van der Waals surface area contributed by atoms with E-state index in [9.17, 15) is 14.0 Å². The first-order chi connectivity index (χ1) is 18.8. The molecule has 1 amide bonds. The molecule has 1 aliphatic heterocycles. The van der Waals surface area contributed by atoms with E-state index in [0.29, 0.717) is 57.2 Å². The van der Waals surface area contributed by atoms with Gasteiger partial charge in [0.1, 0.15) is 12.4 Å². The van der Waals surface area contributed by atoms with Crippen LogP contribution in [0.5, 0.6) is 11.5 Å². The van der Waals surface area contributed by atoms with Gasteiger partial charge in [-0.15, -0.1) is 0 Å². The van der Waals surface area contributed by atoms with Gasteiger partial charge in [-0.1, -0.05) is 29.8 Å². The molecule has 0 saturated carbocycles. The average Bonchev–Trinajstić information content (AvgIpc) is 3.17. The van der Waals surface area contributed by atoms with E-state index in [4.69, 9.17) is 25.8 Å². The Kier molecular flexibility index (Phi) is 9.27. The van der Waals surface area contributed by atoms with E-state index in [2.05, 4.69) is 4.99 Å². The minimum absolute atomic E-state index is 0.0212. The SMILES string of the molecule is CCOC(=O)c1ccc(N=C2S/C(=C\c3cc(Cl)c(OCc4ccccc4F)c(OCC)c3)C(=O)N2C)cc1. The summed E-state index contributed by atoms with van der Waals surface area (Å²) in [5, 5.41) is 0.750. The fourth-order valence-corrected chi connectivity index (χ4v) is 4.90. The quantitative estimate of drug-likeness (QED) is 0.207. The summed E-state index contributed by atoms with van der Waals surface area (Å²) in [4.78, 5) is 31.3. The summed E-state index contributed by atoms with van der Waals surface area (Å²) in [6.07, 6.45) is 1.70. The van der Waals surface area contributed by atoms with Crippen LogP contribution >= 0.6 is 23.4 Å². The number of benzene rings is 3. The zero-order valence-electron chi connectivity index (χ0n) is 21.6. The smallest absolute Gasteiger partial charge is 0.338 e. The van der Waals surface area contributed by atoms with E-state index in [1.807, 2.05) is 6.92 Å². The molecule has 0 spiro atoms. The van der Waals surface area contributed by atoms with Crippen molar-refractivity contribution in [2.75, 3.05) is 20.3 Å². The molecule has 1 fully saturated rings. The first kappa shape index (κ1) is 28.2. The number of likely N-dealkylation sites (N-methyl/N-ethyl adjacent to an activating group) is 1. The van der Waals surface area contributed by atoms with Crippen LogP contribution in [0.3, 0.4) is 0 Å². The molecule has 4 rings (SSSR count). The number of ether oxygens (including phenoxy) is 3. The molecule has 3 aromatic rings. The number of carbonyl (C=O) groups is 2. The van der Waals surface area contributed by atoms with Crippen molar-refractivity contribution in [3.8, 4) is 11.5 Å². The van der Waals surface area contributed by atoms with Gasteiger partial charge in [0.25, 0.3) is 5.91 Å². The number of halogens is 2. The molecule has 1 heterocycles. The highest BCUT2D eigenvalue weighted by Crippen LogP contribution is 2.40. The Labute approximate surface area is 235 Å². The predicted molar refractivity (Wildman–Crippen MR) is 151 cm³/mol. The van der Waals surface area contributed by atoms with E-state index in [1.165, 1.54) is 22.7 Å². The number of amidine groups is 1. The van der Waals surface area contributed by atoms with Crippen LogP contribution in [0, 0.1) is 5.82 Å². The molecule has 10 heteroatoms. The molecule has 202 valence electrons. The van der Waals surface area contributed by atoms with Gasteiger partial charge in [-0.25, -0.2) is 14.2 Å². The minimum atomic E-state index is -0.404. The Morgan fingerprint density at radius 3 is 2.51 bits per heavy atom. The molecular weight excluding hydrogens is 543 g/mol. The maximum absolute atomic E-state index is 14.0. The van der Waals surface area contributed by atoms with Crippen molar-refractivity contribution in [1.29, 1.82) is 0 Å². The van der Waals surface area contributed by atoms with Crippen molar-refractivity contribution in [3.05, 3.63) is 93.1 Å². The summed E-state index contributed by atoms with van der Waals surface area (Å²) in [5.41, 5.74) is 2.03. The van der Waals surface area contributed by atoms with Crippen molar-refractivity contribution < 1.29 is 28.2 Å². The molecule has 1 saturated heterocycles. The highest BCUT2D eigenvalue weighted by molar-refractivity contribution is 8.18. The van der Waals surface area contributed by atoms with Crippen LogP contribution in [0.4, 0.5) is 10.1 Å². The van der Waals surface area contributed by atoms with E-state index in [0.717, 1.165) is 0 Å². The van der Waals surface area contributed by atoms with E-state index in [-0.39, 0.29) is 23.4 Å². The monoisotopic (exact) mass is 568 g/mol. The summed E-state index contributed by atoms with van der Waals surface area (Å²) in [6.45, 7) is 4.20. The number of hydrogen-bond donors (Lipinski definition) is 0. The lowest BCUT2D eigenvalue weighted by Gasteiger charge is -2.15. The number of hydrogen-bond acceptors (Lipinski definition) is 7. The Morgan fingerprint density at radius 1 is 1.08 bits per heavy atom. The molecule has 0 bridgehead atoms. The number of thioether (sulfide) groups is 1. The number of rotatable bonds is 9. The van der Waals surface area contributed by atoms with Crippen LogP contribution in [0.2, 0.25) is 5.02 Å². The van der Waals surface area contributed by atoms with Crippen molar-refractivity contribution in [2.24, 2.45) is 4.99 Å². The number of aliphatic imine (C=N–C) groups is 1. The summed E-state index contributed by atoms with van der Waals surface area (Å²) in [7, 11) is 1.64. The summed E-state index contributed by atoms with van der Waals surface area (Å²) in [5.74, 6) is -0.331. The zero-order valence-corrected chi connectivity index (χ0v) is 23.1. The molecular formula is C29H26ClFN2O5S. The second-order valence-corrected chi connectivity index (χ2v) is 9.70. The van der Waals surface area contributed by atoms with Crippen LogP contribution in [-0.4, -0.2) is 42.2 Å². The van der Waals surface area contributed by atoms with Crippen LogP contribution < -0.4 is 9.47 Å². The third-order valence-corrected chi connectivity index (χ3v) is 6.91. The lowest BCUT2D eigenvalue weighted by atomic mass is 10.1. The molecule has 0 unspecified atom stereocenters. The standard InChI is InChI=1S/C29H26ClFN2O5S/c1-4-36-24-15-18(14-22(30)26(24)38-17-20-8-6-7-9-23(20)31)16-25-27(34)33(3)29(39-25)32-21-12-10-19(11-13-21)28(35)37-5-2/h6-16H,4-5,17H2,1-3H3/b25-16-,32-29?. The topological polar surface area (TPSA) is 77.4 Å². The zero-order chi connectivity index (χ0) is 27.9. The van der Waals surface area contributed by atoms with Crippen LogP contribution in [0.1, 0.15) is 35.3 Å². The lowest BCUT2D eigenvalue weighted by molar-refractivity contribution is -0.121. The van der Waals surface area contributed by atoms with Gasteiger partial charge in [0.2, 0.25) is 0 Å². The largest absolute Gasteiger partial charge is 0.490 e. The van der Waals surface area contributed by atoms with E-state index < -0.39 is 5.97 Å². The maximum atomic E-state index is 14.0. The first-order valence-electron chi connectivity index (χ1n) is 12.2. The van der Waals surface area contributed by atoms with Crippen molar-refractivity contribution >= 4 is 52.2 Å². The first-order valence-corrected chi connectivity index (χ1v) is 13.4. The molecule has 0 aliphatic carbocycles. The molecule has 0 atom stereocenters. The van der Waals surface area contributed by atoms with Gasteiger partial charge >= 0.3 is 5.97 Å². The number of nitrogens with zero attached hydrogens (tertiary/aromatic N) is 2. The van der Waals surface area contributed by atoms with Crippen molar-refractivity contribution in [3.63, 3.8) is 0 Å². The average molecular weight is 569 g/mol. The Bertz CT molecular complexity index is 1440. The number of carbonyl (C=O) groups excluding carboxylic acids is 2. The molecule has 39 heavy (non-hydrogen) atoms. The summed E-state index contributed by atoms with van der Waals surface area (Å²) < 4.78 is 30.6.